The van der Waals surface area contributed by atoms with Gasteiger partial charge in [0.25, 0.3) is 5.91 Å². The third-order valence-corrected chi connectivity index (χ3v) is 5.72. The molecule has 140 valence electrons. The zero-order valence-electron chi connectivity index (χ0n) is 16.2. The highest BCUT2D eigenvalue weighted by Gasteiger charge is 2.30. The van der Waals surface area contributed by atoms with Crippen LogP contribution in [0.4, 0.5) is 0 Å². The first kappa shape index (κ1) is 17.8. The summed E-state index contributed by atoms with van der Waals surface area (Å²) in [7, 11) is 0. The lowest BCUT2D eigenvalue weighted by molar-refractivity contribution is 0.0806. The summed E-state index contributed by atoms with van der Waals surface area (Å²) in [6, 6.07) is 16.4. The molecular weight excluding hydrogens is 336 g/mol. The van der Waals surface area contributed by atoms with E-state index in [-0.39, 0.29) is 11.4 Å². The van der Waals surface area contributed by atoms with E-state index in [2.05, 4.69) is 48.3 Å². The summed E-state index contributed by atoms with van der Waals surface area (Å²) in [5.74, 6) is 0.269. The van der Waals surface area contributed by atoms with Crippen LogP contribution in [0.3, 0.4) is 0 Å². The summed E-state index contributed by atoms with van der Waals surface area (Å²) in [6.45, 7) is 8.81. The van der Waals surface area contributed by atoms with E-state index in [0.717, 1.165) is 36.0 Å². The summed E-state index contributed by atoms with van der Waals surface area (Å²) in [6.07, 6.45) is 1.05. The van der Waals surface area contributed by atoms with Crippen LogP contribution in [-0.4, -0.2) is 29.4 Å². The van der Waals surface area contributed by atoms with Gasteiger partial charge in [-0.05, 0) is 44.4 Å². The Labute approximate surface area is 160 Å². The van der Waals surface area contributed by atoms with Crippen LogP contribution in [0.5, 0.6) is 0 Å². The zero-order valence-corrected chi connectivity index (χ0v) is 16.2. The molecule has 3 aromatic rings. The average molecular weight is 362 g/mol. The number of nitrogens with zero attached hydrogens (tertiary/aromatic N) is 1. The first-order valence-electron chi connectivity index (χ1n) is 9.54. The number of carbonyl (C=O) groups excluding carboxylic acids is 1. The predicted molar refractivity (Wildman–Crippen MR) is 108 cm³/mol. The fourth-order valence-corrected chi connectivity index (χ4v) is 3.89. The molecule has 0 fully saturated rings. The summed E-state index contributed by atoms with van der Waals surface area (Å²) in [5, 5.41) is 4.08. The molecule has 1 aromatic heterocycles. The second kappa shape index (κ2) is 6.86. The Bertz CT molecular complexity index is 987. The third kappa shape index (κ3) is 3.37. The van der Waals surface area contributed by atoms with Gasteiger partial charge in [0, 0.05) is 36.1 Å². The van der Waals surface area contributed by atoms with Crippen molar-refractivity contribution in [2.75, 3.05) is 13.1 Å². The lowest BCUT2D eigenvalue weighted by atomic mass is 9.94. The Balaban J connectivity index is 1.45. The molecule has 2 heterocycles. The molecule has 0 spiro atoms. The monoisotopic (exact) mass is 362 g/mol. The van der Waals surface area contributed by atoms with Crippen LogP contribution >= 0.6 is 0 Å². The van der Waals surface area contributed by atoms with E-state index in [0.29, 0.717) is 12.3 Å². The second-order valence-electron chi connectivity index (χ2n) is 7.99. The van der Waals surface area contributed by atoms with E-state index in [4.69, 9.17) is 4.42 Å². The Kier molecular flexibility index (Phi) is 4.52. The molecule has 0 bridgehead atoms. The van der Waals surface area contributed by atoms with Gasteiger partial charge in [0.1, 0.15) is 5.58 Å². The highest BCUT2D eigenvalue weighted by Crippen LogP contribution is 2.26. The highest BCUT2D eigenvalue weighted by atomic mass is 16.3. The molecule has 4 heteroatoms. The molecule has 1 amide bonds. The summed E-state index contributed by atoms with van der Waals surface area (Å²) in [5.41, 5.74) is 4.34. The van der Waals surface area contributed by atoms with Crippen molar-refractivity contribution in [1.29, 1.82) is 0 Å². The number of nitrogens with one attached hydrogen (secondary N) is 1. The van der Waals surface area contributed by atoms with E-state index < -0.39 is 0 Å². The van der Waals surface area contributed by atoms with Crippen LogP contribution in [-0.2, 0) is 13.0 Å². The van der Waals surface area contributed by atoms with Gasteiger partial charge >= 0.3 is 0 Å². The van der Waals surface area contributed by atoms with Gasteiger partial charge in [-0.25, -0.2) is 0 Å². The molecule has 0 radical (unpaired) electrons. The molecule has 4 nitrogen and oxygen atoms in total. The number of carbonyl (C=O) groups is 1. The molecule has 1 aliphatic heterocycles. The van der Waals surface area contributed by atoms with Crippen molar-refractivity contribution >= 4 is 16.9 Å². The topological polar surface area (TPSA) is 45.5 Å². The third-order valence-electron chi connectivity index (χ3n) is 5.72. The first-order valence-corrected chi connectivity index (χ1v) is 9.54. The molecule has 0 saturated heterocycles. The van der Waals surface area contributed by atoms with Crippen LogP contribution < -0.4 is 5.32 Å². The van der Waals surface area contributed by atoms with E-state index in [1.165, 1.54) is 11.1 Å². The smallest absolute Gasteiger partial charge is 0.287 e. The molecule has 0 aliphatic carbocycles. The van der Waals surface area contributed by atoms with Crippen molar-refractivity contribution in [3.05, 3.63) is 71.0 Å². The van der Waals surface area contributed by atoms with Gasteiger partial charge in [0.15, 0.2) is 5.76 Å². The lowest BCUT2D eigenvalue weighted by Crippen LogP contribution is -2.53. The fourth-order valence-electron chi connectivity index (χ4n) is 3.89. The van der Waals surface area contributed by atoms with Crippen molar-refractivity contribution in [2.24, 2.45) is 0 Å². The Morgan fingerprint density at radius 3 is 2.59 bits per heavy atom. The maximum Gasteiger partial charge on any atom is 0.287 e. The number of furan rings is 1. The number of fused-ring (bicyclic) bond motifs is 2. The van der Waals surface area contributed by atoms with Gasteiger partial charge in [0.05, 0.1) is 0 Å². The lowest BCUT2D eigenvalue weighted by Gasteiger charge is -2.41. The minimum Gasteiger partial charge on any atom is -0.451 e. The van der Waals surface area contributed by atoms with E-state index in [1.54, 1.807) is 0 Å². The van der Waals surface area contributed by atoms with Gasteiger partial charge in [0.2, 0.25) is 0 Å². The van der Waals surface area contributed by atoms with Crippen LogP contribution in [0.15, 0.2) is 52.9 Å². The fraction of sp³-hybridized carbons (Fsp3) is 0.348. The van der Waals surface area contributed by atoms with Crippen molar-refractivity contribution in [3.63, 3.8) is 0 Å². The van der Waals surface area contributed by atoms with Crippen LogP contribution in [0.2, 0.25) is 0 Å². The summed E-state index contributed by atoms with van der Waals surface area (Å²) in [4.78, 5) is 15.2. The van der Waals surface area contributed by atoms with Gasteiger partial charge in [-0.1, -0.05) is 42.5 Å². The van der Waals surface area contributed by atoms with Gasteiger partial charge in [-0.2, -0.15) is 0 Å². The zero-order chi connectivity index (χ0) is 19.0. The number of rotatable bonds is 4. The van der Waals surface area contributed by atoms with Crippen molar-refractivity contribution in [1.82, 2.24) is 10.2 Å². The van der Waals surface area contributed by atoms with E-state index in [9.17, 15) is 4.79 Å². The number of hydrogen-bond donors (Lipinski definition) is 1. The Morgan fingerprint density at radius 2 is 1.81 bits per heavy atom. The van der Waals surface area contributed by atoms with Crippen LogP contribution in [0.25, 0.3) is 11.0 Å². The molecule has 0 atom stereocenters. The molecular formula is C23H26N2O2. The maximum absolute atomic E-state index is 12.7. The number of benzene rings is 2. The minimum absolute atomic E-state index is 0.136. The SMILES string of the molecule is Cc1c(C(=O)NCC(C)(C)N2CCc3ccccc3C2)oc2ccccc12. The standard InChI is InChI=1S/C23H26N2O2/c1-16-19-10-6-7-11-20(19)27-21(16)22(26)24-15-23(2,3)25-13-12-17-8-4-5-9-18(17)14-25/h4-11H,12-15H2,1-3H3,(H,24,26). The average Bonchev–Trinajstić information content (AvgIpc) is 3.03. The number of aryl methyl sites for hydroxylation is 1. The summed E-state index contributed by atoms with van der Waals surface area (Å²) >= 11 is 0. The second-order valence-corrected chi connectivity index (χ2v) is 7.99. The molecule has 27 heavy (non-hydrogen) atoms. The van der Waals surface area contributed by atoms with Crippen molar-refractivity contribution in [3.8, 4) is 0 Å². The van der Waals surface area contributed by atoms with Crippen molar-refractivity contribution < 1.29 is 9.21 Å². The number of amides is 1. The van der Waals surface area contributed by atoms with Gasteiger partial charge in [-0.3, -0.25) is 9.69 Å². The Morgan fingerprint density at radius 1 is 1.11 bits per heavy atom. The van der Waals surface area contributed by atoms with E-state index in [1.807, 2.05) is 31.2 Å². The van der Waals surface area contributed by atoms with Crippen molar-refractivity contribution in [2.45, 2.75) is 39.3 Å². The number of hydrogen-bond acceptors (Lipinski definition) is 3. The molecule has 0 unspecified atom stereocenters. The van der Waals surface area contributed by atoms with Gasteiger partial charge in [-0.15, -0.1) is 0 Å². The Hall–Kier alpha value is -2.59. The molecule has 0 saturated carbocycles. The summed E-state index contributed by atoms with van der Waals surface area (Å²) < 4.78 is 5.79. The molecule has 1 aliphatic rings. The van der Waals surface area contributed by atoms with Crippen LogP contribution in [0, 0.1) is 6.92 Å². The molecule has 4 rings (SSSR count). The highest BCUT2D eigenvalue weighted by molar-refractivity contribution is 5.98. The maximum atomic E-state index is 12.7. The first-order chi connectivity index (χ1) is 13.0. The predicted octanol–water partition coefficient (Wildman–Crippen LogP) is 4.31. The largest absolute Gasteiger partial charge is 0.451 e. The molecule has 1 N–H and O–H groups in total. The van der Waals surface area contributed by atoms with E-state index >= 15 is 0 Å². The number of para-hydroxylation sites is 1. The molecule has 2 aromatic carbocycles. The van der Waals surface area contributed by atoms with Crippen LogP contribution in [0.1, 0.15) is 41.1 Å². The quantitative estimate of drug-likeness (QED) is 0.752. The van der Waals surface area contributed by atoms with Gasteiger partial charge < -0.3 is 9.73 Å². The minimum atomic E-state index is -0.144. The normalized spacial score (nSPS) is 14.9.